The largest absolute Gasteiger partial charge is 0.429 e. The predicted molar refractivity (Wildman–Crippen MR) is 47.9 cm³/mol. The lowest BCUT2D eigenvalue weighted by molar-refractivity contribution is -0.446. The van der Waals surface area contributed by atoms with Gasteiger partial charge in [0.1, 0.15) is 0 Å². The summed E-state index contributed by atoms with van der Waals surface area (Å²) in [6, 6.07) is 0. The first-order chi connectivity index (χ1) is 8.83. The third-order valence-corrected chi connectivity index (χ3v) is 1.94. The molecule has 0 heterocycles. The van der Waals surface area contributed by atoms with E-state index in [0.717, 1.165) is 6.08 Å². The molecule has 0 saturated heterocycles. The van der Waals surface area contributed by atoms with E-state index in [0.29, 0.717) is 0 Å². The summed E-state index contributed by atoms with van der Waals surface area (Å²) >= 11 is 0. The van der Waals surface area contributed by atoms with Crippen LogP contribution in [0.25, 0.3) is 0 Å². The molecule has 0 aromatic heterocycles. The molecule has 0 atom stereocenters. The van der Waals surface area contributed by atoms with Crippen molar-refractivity contribution in [1.82, 2.24) is 0 Å². The first-order valence-electron chi connectivity index (χ1n) is 4.79. The van der Waals surface area contributed by atoms with Crippen molar-refractivity contribution in [3.63, 3.8) is 0 Å². The number of ether oxygens (including phenoxy) is 2. The summed E-state index contributed by atoms with van der Waals surface area (Å²) in [5.74, 6) is 0. The topological polar surface area (TPSA) is 18.5 Å². The molecular formula is C9H9F9O2. The Kier molecular flexibility index (Phi) is 5.90. The van der Waals surface area contributed by atoms with Crippen LogP contribution in [0.4, 0.5) is 39.5 Å². The summed E-state index contributed by atoms with van der Waals surface area (Å²) in [7, 11) is 0. The Labute approximate surface area is 107 Å². The molecule has 0 N–H and O–H groups in total. The molecule has 0 radical (unpaired) electrons. The summed E-state index contributed by atoms with van der Waals surface area (Å²) in [5.41, 5.74) is -5.35. The quantitative estimate of drug-likeness (QED) is 0.405. The van der Waals surface area contributed by atoms with Crippen LogP contribution in [0.1, 0.15) is 0 Å². The fourth-order valence-corrected chi connectivity index (χ4v) is 1.04. The minimum atomic E-state index is -6.30. The van der Waals surface area contributed by atoms with Gasteiger partial charge in [-0.2, -0.15) is 35.1 Å². The number of hydrogen-bond acceptors (Lipinski definition) is 2. The molecule has 0 aliphatic carbocycles. The Morgan fingerprint density at radius 1 is 0.900 bits per heavy atom. The highest BCUT2D eigenvalue weighted by atomic mass is 19.4. The maximum atomic E-state index is 12.6. The first kappa shape index (κ1) is 19.0. The van der Waals surface area contributed by atoms with Crippen LogP contribution in [-0.4, -0.2) is 44.0 Å². The fraction of sp³-hybridized carbons (Fsp3) is 0.778. The molecule has 0 fully saturated rings. The molecule has 0 saturated carbocycles. The van der Waals surface area contributed by atoms with Gasteiger partial charge in [-0.25, -0.2) is 4.39 Å². The molecule has 0 aromatic rings. The van der Waals surface area contributed by atoms with Gasteiger partial charge in [0, 0.05) is 0 Å². The van der Waals surface area contributed by atoms with E-state index in [-0.39, 0.29) is 0 Å². The Bertz CT molecular complexity index is 306. The summed E-state index contributed by atoms with van der Waals surface area (Å²) in [4.78, 5) is 0. The van der Waals surface area contributed by atoms with Crippen molar-refractivity contribution in [2.75, 3.05) is 19.9 Å². The zero-order chi connectivity index (χ0) is 16.2. The van der Waals surface area contributed by atoms with Crippen molar-refractivity contribution in [3.05, 3.63) is 12.7 Å². The van der Waals surface area contributed by atoms with Crippen molar-refractivity contribution in [3.8, 4) is 0 Å². The van der Waals surface area contributed by atoms with Gasteiger partial charge in [0.15, 0.2) is 6.67 Å². The van der Waals surface area contributed by atoms with E-state index in [1.165, 1.54) is 0 Å². The molecule has 11 heteroatoms. The Balaban J connectivity index is 5.63. The van der Waals surface area contributed by atoms with Gasteiger partial charge in [-0.1, -0.05) is 6.08 Å². The minimum Gasteiger partial charge on any atom is -0.374 e. The third kappa shape index (κ3) is 4.27. The van der Waals surface area contributed by atoms with E-state index in [9.17, 15) is 39.5 Å². The van der Waals surface area contributed by atoms with Gasteiger partial charge in [0.05, 0.1) is 13.2 Å². The SMILES string of the molecule is C=CCOCC(OC(F)(F)CF)(C(F)(F)F)C(F)(F)F. The third-order valence-electron chi connectivity index (χ3n) is 1.94. The number of rotatable bonds is 7. The molecule has 0 bridgehead atoms. The molecular weight excluding hydrogens is 311 g/mol. The van der Waals surface area contributed by atoms with Gasteiger partial charge in [-0.05, 0) is 0 Å². The highest BCUT2D eigenvalue weighted by molar-refractivity contribution is 4.97. The lowest BCUT2D eigenvalue weighted by atomic mass is 10.0. The van der Waals surface area contributed by atoms with E-state index in [1.807, 2.05) is 0 Å². The summed E-state index contributed by atoms with van der Waals surface area (Å²) < 4.78 is 119. The second-order valence-corrected chi connectivity index (χ2v) is 3.50. The molecule has 0 spiro atoms. The van der Waals surface area contributed by atoms with Crippen molar-refractivity contribution in [2.24, 2.45) is 0 Å². The number of hydrogen-bond donors (Lipinski definition) is 0. The van der Waals surface area contributed by atoms with Crippen molar-refractivity contribution in [1.29, 1.82) is 0 Å². The average Bonchev–Trinajstić information content (AvgIpc) is 2.24. The molecule has 0 rings (SSSR count). The minimum absolute atomic E-state index is 0.779. The van der Waals surface area contributed by atoms with Crippen LogP contribution in [-0.2, 0) is 9.47 Å². The summed E-state index contributed by atoms with van der Waals surface area (Å²) in [6.45, 7) is -3.00. The van der Waals surface area contributed by atoms with Crippen LogP contribution in [0.15, 0.2) is 12.7 Å². The summed E-state index contributed by atoms with van der Waals surface area (Å²) in [6.07, 6.45) is -17.1. The van der Waals surface area contributed by atoms with Crippen LogP contribution in [0.5, 0.6) is 0 Å². The predicted octanol–water partition coefficient (Wildman–Crippen LogP) is 3.63. The van der Waals surface area contributed by atoms with E-state index < -0.39 is 44.0 Å². The Hall–Kier alpha value is -0.970. The Morgan fingerprint density at radius 2 is 1.35 bits per heavy atom. The van der Waals surface area contributed by atoms with Crippen molar-refractivity contribution >= 4 is 0 Å². The molecule has 0 aliphatic heterocycles. The van der Waals surface area contributed by atoms with Crippen LogP contribution in [0, 0.1) is 0 Å². The molecule has 0 unspecified atom stereocenters. The normalized spacial score (nSPS) is 14.4. The van der Waals surface area contributed by atoms with Crippen LogP contribution in [0.2, 0.25) is 0 Å². The molecule has 2 nitrogen and oxygen atoms in total. The van der Waals surface area contributed by atoms with E-state index in [4.69, 9.17) is 0 Å². The molecule has 20 heavy (non-hydrogen) atoms. The van der Waals surface area contributed by atoms with Gasteiger partial charge in [-0.3, -0.25) is 4.74 Å². The molecule has 120 valence electrons. The highest BCUT2D eigenvalue weighted by Crippen LogP contribution is 2.48. The summed E-state index contributed by atoms with van der Waals surface area (Å²) in [5, 5.41) is 0. The zero-order valence-electron chi connectivity index (χ0n) is 9.62. The Morgan fingerprint density at radius 3 is 1.65 bits per heavy atom. The monoisotopic (exact) mass is 320 g/mol. The van der Waals surface area contributed by atoms with Crippen LogP contribution < -0.4 is 0 Å². The van der Waals surface area contributed by atoms with Gasteiger partial charge >= 0.3 is 18.5 Å². The average molecular weight is 320 g/mol. The van der Waals surface area contributed by atoms with Gasteiger partial charge < -0.3 is 4.74 Å². The van der Waals surface area contributed by atoms with Crippen molar-refractivity contribution < 1.29 is 49.0 Å². The molecule has 0 aromatic carbocycles. The van der Waals surface area contributed by atoms with Gasteiger partial charge in [0.2, 0.25) is 0 Å². The highest BCUT2D eigenvalue weighted by Gasteiger charge is 2.75. The van der Waals surface area contributed by atoms with Gasteiger partial charge in [0.25, 0.3) is 5.60 Å². The van der Waals surface area contributed by atoms with E-state index >= 15 is 0 Å². The smallest absolute Gasteiger partial charge is 0.374 e. The lowest BCUT2D eigenvalue weighted by Crippen LogP contribution is -2.64. The lowest BCUT2D eigenvalue weighted by Gasteiger charge is -2.38. The maximum absolute atomic E-state index is 12.6. The van der Waals surface area contributed by atoms with Gasteiger partial charge in [-0.15, -0.1) is 6.58 Å². The molecule has 0 aliphatic rings. The second-order valence-electron chi connectivity index (χ2n) is 3.50. The van der Waals surface area contributed by atoms with Crippen LogP contribution >= 0.6 is 0 Å². The second kappa shape index (κ2) is 6.20. The molecule has 0 amide bonds. The zero-order valence-corrected chi connectivity index (χ0v) is 9.62. The van der Waals surface area contributed by atoms with Crippen LogP contribution in [0.3, 0.4) is 0 Å². The standard InChI is InChI=1S/C9H9F9O2/c1-2-3-19-5-6(8(13,14)15,9(16,17)18)20-7(11,12)4-10/h2H,1,3-5H2. The van der Waals surface area contributed by atoms with E-state index in [1.54, 1.807) is 0 Å². The number of halogens is 9. The first-order valence-corrected chi connectivity index (χ1v) is 4.79. The van der Waals surface area contributed by atoms with E-state index in [2.05, 4.69) is 16.1 Å². The number of alkyl halides is 9. The maximum Gasteiger partial charge on any atom is 0.429 e. The fourth-order valence-electron chi connectivity index (χ4n) is 1.04. The van der Waals surface area contributed by atoms with Crippen molar-refractivity contribution in [2.45, 2.75) is 24.1 Å².